The van der Waals surface area contributed by atoms with Gasteiger partial charge >= 0.3 is 6.03 Å². The van der Waals surface area contributed by atoms with Crippen LogP contribution in [0.25, 0.3) is 11.1 Å². The number of nitrogens with zero attached hydrogens (tertiary/aromatic N) is 5. The minimum absolute atomic E-state index is 0.0365. The van der Waals surface area contributed by atoms with Crippen molar-refractivity contribution in [3.05, 3.63) is 60.8 Å². The van der Waals surface area contributed by atoms with E-state index in [1.54, 1.807) is 21.9 Å². The summed E-state index contributed by atoms with van der Waals surface area (Å²) in [4.78, 5) is 25.8. The average molecular weight is 371 g/mol. The first-order valence-electron chi connectivity index (χ1n) is 9.85. The van der Waals surface area contributed by atoms with E-state index in [0.29, 0.717) is 12.0 Å². The molecule has 1 spiro atoms. The second-order valence-electron chi connectivity index (χ2n) is 8.25. The van der Waals surface area contributed by atoms with Crippen LogP contribution in [0, 0.1) is 5.41 Å². The van der Waals surface area contributed by atoms with Gasteiger partial charge in [-0.05, 0) is 55.0 Å². The summed E-state index contributed by atoms with van der Waals surface area (Å²) >= 11 is 0. The molecule has 28 heavy (non-hydrogen) atoms. The lowest BCUT2D eigenvalue weighted by Gasteiger charge is -2.17. The largest absolute Gasteiger partial charge is 0.356 e. The van der Waals surface area contributed by atoms with E-state index in [2.05, 4.69) is 28.1 Å². The Morgan fingerprint density at radius 1 is 1.04 bits per heavy atom. The average Bonchev–Trinajstić information content (AvgIpc) is 3.05. The maximum atomic E-state index is 12.8. The van der Waals surface area contributed by atoms with Crippen molar-refractivity contribution in [2.75, 3.05) is 22.9 Å². The maximum Gasteiger partial charge on any atom is 0.333 e. The van der Waals surface area contributed by atoms with Crippen molar-refractivity contribution >= 4 is 17.5 Å². The third-order valence-electron chi connectivity index (χ3n) is 6.42. The molecule has 0 aromatic carbocycles. The van der Waals surface area contributed by atoms with Gasteiger partial charge in [0, 0.05) is 48.5 Å². The van der Waals surface area contributed by atoms with Crippen LogP contribution >= 0.6 is 0 Å². The molecular formula is C22H21N5O. The zero-order valence-electron chi connectivity index (χ0n) is 15.6. The molecule has 1 amide bonds. The van der Waals surface area contributed by atoms with Crippen molar-refractivity contribution in [2.45, 2.75) is 25.8 Å². The molecule has 2 fully saturated rings. The normalized spacial score (nSPS) is 19.5. The molecule has 1 saturated carbocycles. The predicted octanol–water partition coefficient (Wildman–Crippen LogP) is 3.92. The van der Waals surface area contributed by atoms with Crippen LogP contribution in [-0.4, -0.2) is 33.7 Å². The van der Waals surface area contributed by atoms with Crippen LogP contribution in [0.1, 0.15) is 25.0 Å². The van der Waals surface area contributed by atoms with Gasteiger partial charge in [0.2, 0.25) is 0 Å². The second-order valence-corrected chi connectivity index (χ2v) is 8.25. The van der Waals surface area contributed by atoms with Gasteiger partial charge in [-0.15, -0.1) is 0 Å². The molecule has 6 rings (SSSR count). The number of pyridine rings is 2. The second kappa shape index (κ2) is 5.67. The third-order valence-corrected chi connectivity index (χ3v) is 6.42. The van der Waals surface area contributed by atoms with Gasteiger partial charge in [0.25, 0.3) is 0 Å². The highest BCUT2D eigenvalue weighted by atomic mass is 16.2. The van der Waals surface area contributed by atoms with Crippen LogP contribution in [0.5, 0.6) is 0 Å². The van der Waals surface area contributed by atoms with E-state index < -0.39 is 0 Å². The third kappa shape index (κ3) is 2.44. The zero-order valence-corrected chi connectivity index (χ0v) is 15.6. The van der Waals surface area contributed by atoms with E-state index in [-0.39, 0.29) is 6.03 Å². The zero-order chi connectivity index (χ0) is 18.7. The molecule has 3 aromatic heterocycles. The van der Waals surface area contributed by atoms with Gasteiger partial charge in [0.15, 0.2) is 0 Å². The summed E-state index contributed by atoms with van der Waals surface area (Å²) in [6, 6.07) is 10.0. The van der Waals surface area contributed by atoms with Crippen molar-refractivity contribution in [1.82, 2.24) is 14.5 Å². The molecule has 0 N–H and O–H groups in total. The minimum atomic E-state index is -0.0365. The fourth-order valence-electron chi connectivity index (χ4n) is 4.50. The first-order chi connectivity index (χ1) is 13.7. The standard InChI is InChI=1S/C22H21N5O/c28-21-26-13-17(10-19(26)14-27(21)18-2-1-8-23-12-18)16-3-4-20(24-11-16)25-9-7-22(15-25)5-6-22/h1-4,8,10-13H,5-7,9,14-15H2. The summed E-state index contributed by atoms with van der Waals surface area (Å²) < 4.78 is 1.73. The molecular weight excluding hydrogens is 350 g/mol. The number of hydrogen-bond acceptors (Lipinski definition) is 4. The molecule has 0 unspecified atom stereocenters. The summed E-state index contributed by atoms with van der Waals surface area (Å²) in [6.45, 7) is 2.83. The highest BCUT2D eigenvalue weighted by molar-refractivity contribution is 5.97. The summed E-state index contributed by atoms with van der Waals surface area (Å²) in [7, 11) is 0. The highest BCUT2D eigenvalue weighted by Crippen LogP contribution is 2.53. The Labute approximate surface area is 163 Å². The molecule has 5 heterocycles. The molecule has 1 saturated heterocycles. The number of hydrogen-bond donors (Lipinski definition) is 0. The number of carbonyl (C=O) groups is 1. The lowest BCUT2D eigenvalue weighted by molar-refractivity contribution is 0.251. The van der Waals surface area contributed by atoms with Gasteiger partial charge in [-0.3, -0.25) is 14.5 Å². The predicted molar refractivity (Wildman–Crippen MR) is 107 cm³/mol. The molecule has 0 bridgehead atoms. The minimum Gasteiger partial charge on any atom is -0.356 e. The van der Waals surface area contributed by atoms with Crippen LogP contribution < -0.4 is 9.80 Å². The van der Waals surface area contributed by atoms with E-state index >= 15 is 0 Å². The quantitative estimate of drug-likeness (QED) is 0.700. The van der Waals surface area contributed by atoms with Gasteiger partial charge < -0.3 is 4.90 Å². The van der Waals surface area contributed by atoms with Crippen molar-refractivity contribution in [2.24, 2.45) is 5.41 Å². The van der Waals surface area contributed by atoms with Crippen LogP contribution in [0.15, 0.2) is 55.1 Å². The Morgan fingerprint density at radius 3 is 2.64 bits per heavy atom. The van der Waals surface area contributed by atoms with E-state index in [1.807, 2.05) is 24.5 Å². The SMILES string of the molecule is O=C1N(c2cccnc2)Cc2cc(-c3ccc(N4CCC5(CC5)C4)nc3)cn21. The molecule has 3 aliphatic rings. The van der Waals surface area contributed by atoms with Gasteiger partial charge in [0.05, 0.1) is 18.4 Å². The number of anilines is 2. The summed E-state index contributed by atoms with van der Waals surface area (Å²) in [5.74, 6) is 1.07. The number of rotatable bonds is 3. The Bertz CT molecular complexity index is 1050. The van der Waals surface area contributed by atoms with Crippen molar-refractivity contribution in [1.29, 1.82) is 0 Å². The van der Waals surface area contributed by atoms with E-state index in [0.717, 1.165) is 41.4 Å². The summed E-state index contributed by atoms with van der Waals surface area (Å²) in [6.07, 6.45) is 11.3. The van der Waals surface area contributed by atoms with Gasteiger partial charge in [0.1, 0.15) is 5.82 Å². The number of carbonyl (C=O) groups excluding carboxylic acids is 1. The number of amides is 1. The fourth-order valence-corrected chi connectivity index (χ4v) is 4.50. The molecule has 6 nitrogen and oxygen atoms in total. The van der Waals surface area contributed by atoms with Crippen LogP contribution in [-0.2, 0) is 6.54 Å². The van der Waals surface area contributed by atoms with Crippen LogP contribution in [0.2, 0.25) is 0 Å². The van der Waals surface area contributed by atoms with E-state index in [9.17, 15) is 4.79 Å². The smallest absolute Gasteiger partial charge is 0.333 e. The first-order valence-corrected chi connectivity index (χ1v) is 9.85. The number of aromatic nitrogens is 3. The molecule has 6 heteroatoms. The monoisotopic (exact) mass is 371 g/mol. The van der Waals surface area contributed by atoms with Gasteiger partial charge in [-0.2, -0.15) is 0 Å². The molecule has 1 aliphatic carbocycles. The van der Waals surface area contributed by atoms with Crippen molar-refractivity contribution < 1.29 is 4.79 Å². The summed E-state index contributed by atoms with van der Waals surface area (Å²) in [5.41, 5.74) is 4.50. The topological polar surface area (TPSA) is 54.3 Å². The highest BCUT2D eigenvalue weighted by Gasteiger charge is 2.47. The van der Waals surface area contributed by atoms with Crippen LogP contribution in [0.3, 0.4) is 0 Å². The molecule has 140 valence electrons. The summed E-state index contributed by atoms with van der Waals surface area (Å²) in [5, 5.41) is 0. The Kier molecular flexibility index (Phi) is 3.21. The molecule has 3 aromatic rings. The van der Waals surface area contributed by atoms with Gasteiger partial charge in [-0.25, -0.2) is 9.78 Å². The lowest BCUT2D eigenvalue weighted by atomic mass is 10.1. The fraction of sp³-hybridized carbons (Fsp3) is 0.318. The van der Waals surface area contributed by atoms with Crippen molar-refractivity contribution in [3.8, 4) is 11.1 Å². The Hall–Kier alpha value is -3.15. The first kappa shape index (κ1) is 15.9. The van der Waals surface area contributed by atoms with E-state index in [4.69, 9.17) is 4.98 Å². The molecule has 0 radical (unpaired) electrons. The maximum absolute atomic E-state index is 12.8. The Morgan fingerprint density at radius 2 is 1.96 bits per heavy atom. The molecule has 2 aliphatic heterocycles. The number of fused-ring (bicyclic) bond motifs is 1. The van der Waals surface area contributed by atoms with Gasteiger partial charge in [-0.1, -0.05) is 0 Å². The van der Waals surface area contributed by atoms with Crippen LogP contribution in [0.4, 0.5) is 16.3 Å². The van der Waals surface area contributed by atoms with E-state index in [1.165, 1.54) is 19.3 Å². The Balaban J connectivity index is 1.23. The lowest BCUT2D eigenvalue weighted by Crippen LogP contribution is -2.25. The van der Waals surface area contributed by atoms with Crippen molar-refractivity contribution in [3.63, 3.8) is 0 Å². The molecule has 0 atom stereocenters.